The zero-order valence-electron chi connectivity index (χ0n) is 18.8. The van der Waals surface area contributed by atoms with E-state index < -0.39 is 0 Å². The van der Waals surface area contributed by atoms with E-state index in [2.05, 4.69) is 11.8 Å². The van der Waals surface area contributed by atoms with Crippen LogP contribution in [0.2, 0.25) is 0 Å². The third-order valence-electron chi connectivity index (χ3n) is 5.42. The van der Waals surface area contributed by atoms with Gasteiger partial charge in [0.25, 0.3) is 0 Å². The zero-order chi connectivity index (χ0) is 19.1. The van der Waals surface area contributed by atoms with Crippen molar-refractivity contribution in [3.63, 3.8) is 0 Å². The molecule has 0 radical (unpaired) electrons. The lowest BCUT2D eigenvalue weighted by Gasteiger charge is -2.20. The van der Waals surface area contributed by atoms with Crippen molar-refractivity contribution < 1.29 is 14.5 Å². The van der Waals surface area contributed by atoms with Gasteiger partial charge in [-0.1, -0.05) is 103 Å². The first-order valence-corrected chi connectivity index (χ1v) is 11.9. The molecule has 5 heteroatoms. The predicted molar refractivity (Wildman–Crippen MR) is 122 cm³/mol. The average Bonchev–Trinajstić information content (AvgIpc) is 2.65. The van der Waals surface area contributed by atoms with Crippen molar-refractivity contribution in [3.8, 4) is 0 Å². The minimum atomic E-state index is 0. The molecule has 0 aromatic carbocycles. The molecule has 0 aliphatic heterocycles. The lowest BCUT2D eigenvalue weighted by atomic mass is 10.0. The molecular formula is C23H52F2N2O. The van der Waals surface area contributed by atoms with Crippen molar-refractivity contribution in [2.45, 2.75) is 116 Å². The van der Waals surface area contributed by atoms with Crippen molar-refractivity contribution >= 4 is 0 Å². The van der Waals surface area contributed by atoms with Crippen LogP contribution in [0.1, 0.15) is 116 Å². The summed E-state index contributed by atoms with van der Waals surface area (Å²) < 4.78 is 0. The lowest BCUT2D eigenvalue weighted by Crippen LogP contribution is -2.30. The Morgan fingerprint density at radius 1 is 0.536 bits per heavy atom. The summed E-state index contributed by atoms with van der Waals surface area (Å²) in [6.45, 7) is 6.27. The van der Waals surface area contributed by atoms with Gasteiger partial charge in [-0.3, -0.25) is 9.41 Å². The molecule has 3 N–H and O–H groups in total. The number of rotatable bonds is 22. The second-order valence-corrected chi connectivity index (χ2v) is 8.01. The Labute approximate surface area is 174 Å². The average molecular weight is 411 g/mol. The molecule has 0 atom stereocenters. The van der Waals surface area contributed by atoms with Crippen molar-refractivity contribution in [2.75, 3.05) is 32.8 Å². The van der Waals surface area contributed by atoms with E-state index in [9.17, 15) is 0 Å². The topological polar surface area (TPSA) is 49.5 Å². The molecule has 0 aromatic heterocycles. The maximum atomic E-state index is 9.10. The van der Waals surface area contributed by atoms with Crippen LogP contribution < -0.4 is 5.73 Å². The molecule has 0 saturated carbocycles. The number of aliphatic hydroxyl groups is 1. The van der Waals surface area contributed by atoms with Crippen LogP contribution in [0.25, 0.3) is 0 Å². The van der Waals surface area contributed by atoms with Crippen LogP contribution >= 0.6 is 0 Å². The number of hydrogen-bond acceptors (Lipinski definition) is 3. The lowest BCUT2D eigenvalue weighted by molar-refractivity contribution is 0.192. The molecule has 0 unspecified atom stereocenters. The van der Waals surface area contributed by atoms with E-state index in [1.54, 1.807) is 0 Å². The summed E-state index contributed by atoms with van der Waals surface area (Å²) >= 11 is 0. The Balaban J connectivity index is -0.00000312. The van der Waals surface area contributed by atoms with E-state index >= 15 is 0 Å². The van der Waals surface area contributed by atoms with Crippen LogP contribution in [0.3, 0.4) is 0 Å². The molecule has 0 saturated heterocycles. The minimum Gasteiger partial charge on any atom is -0.395 e. The highest BCUT2D eigenvalue weighted by Gasteiger charge is 2.03. The van der Waals surface area contributed by atoms with E-state index in [0.717, 1.165) is 32.6 Å². The number of nitrogens with zero attached hydrogens (tertiary/aromatic N) is 1. The van der Waals surface area contributed by atoms with Crippen LogP contribution in [-0.4, -0.2) is 42.8 Å². The number of nitrogens with two attached hydrogens (primary N) is 1. The Morgan fingerprint density at radius 3 is 1.25 bits per heavy atom. The normalized spacial score (nSPS) is 10.7. The molecule has 0 fully saturated rings. The third-order valence-corrected chi connectivity index (χ3v) is 5.42. The van der Waals surface area contributed by atoms with E-state index in [4.69, 9.17) is 10.8 Å². The first-order valence-electron chi connectivity index (χ1n) is 11.9. The van der Waals surface area contributed by atoms with Crippen LogP contribution in [-0.2, 0) is 0 Å². The molecule has 3 nitrogen and oxygen atoms in total. The van der Waals surface area contributed by atoms with Gasteiger partial charge >= 0.3 is 0 Å². The van der Waals surface area contributed by atoms with Crippen LogP contribution in [0.4, 0.5) is 9.41 Å². The van der Waals surface area contributed by atoms with Crippen LogP contribution in [0.15, 0.2) is 0 Å². The van der Waals surface area contributed by atoms with Gasteiger partial charge in [0.05, 0.1) is 6.61 Å². The van der Waals surface area contributed by atoms with Crippen molar-refractivity contribution in [1.82, 2.24) is 4.90 Å². The molecule has 0 aliphatic rings. The number of halogens is 2. The molecule has 0 amide bonds. The van der Waals surface area contributed by atoms with Gasteiger partial charge in [-0.25, -0.2) is 0 Å². The summed E-state index contributed by atoms with van der Waals surface area (Å²) in [4.78, 5) is 2.36. The maximum Gasteiger partial charge on any atom is 0.0558 e. The molecule has 28 heavy (non-hydrogen) atoms. The van der Waals surface area contributed by atoms with Crippen molar-refractivity contribution in [2.24, 2.45) is 5.73 Å². The zero-order valence-corrected chi connectivity index (χ0v) is 18.8. The summed E-state index contributed by atoms with van der Waals surface area (Å²) in [6, 6.07) is 0. The largest absolute Gasteiger partial charge is 0.395 e. The molecule has 0 spiro atoms. The molecule has 0 bridgehead atoms. The number of unbranched alkanes of at least 4 members (excludes halogenated alkanes) is 15. The SMILES string of the molecule is CCCCCCCCCCCCCCCCCCN(CCO)CCCN.F.F. The van der Waals surface area contributed by atoms with Gasteiger partial charge in [-0.05, 0) is 32.5 Å². The highest BCUT2D eigenvalue weighted by molar-refractivity contribution is 4.58. The standard InChI is InChI=1S/C23H50N2O.2FH/c1-2-3-4-5-6-7-8-9-10-11-12-13-14-15-16-17-20-25(22-23-26)21-18-19-24;;/h26H,2-24H2,1H3;2*1H. The molecule has 0 aliphatic carbocycles. The van der Waals surface area contributed by atoms with E-state index in [1.807, 2.05) is 0 Å². The Morgan fingerprint density at radius 2 is 0.893 bits per heavy atom. The highest BCUT2D eigenvalue weighted by atomic mass is 19.0. The fourth-order valence-corrected chi connectivity index (χ4v) is 3.68. The monoisotopic (exact) mass is 410 g/mol. The Hall–Kier alpha value is -0.260. The predicted octanol–water partition coefficient (Wildman–Crippen LogP) is 6.20. The van der Waals surface area contributed by atoms with Crippen molar-refractivity contribution in [3.05, 3.63) is 0 Å². The van der Waals surface area contributed by atoms with Crippen LogP contribution in [0.5, 0.6) is 0 Å². The highest BCUT2D eigenvalue weighted by Crippen LogP contribution is 2.13. The van der Waals surface area contributed by atoms with Gasteiger partial charge in [-0.2, -0.15) is 0 Å². The van der Waals surface area contributed by atoms with Gasteiger partial charge in [0, 0.05) is 6.54 Å². The first-order chi connectivity index (χ1) is 12.8. The summed E-state index contributed by atoms with van der Waals surface area (Å²) in [5.41, 5.74) is 5.57. The van der Waals surface area contributed by atoms with E-state index in [-0.39, 0.29) is 16.0 Å². The second kappa shape index (κ2) is 28.9. The Kier molecular flexibility index (Phi) is 33.5. The van der Waals surface area contributed by atoms with Gasteiger partial charge in [0.1, 0.15) is 0 Å². The van der Waals surface area contributed by atoms with Gasteiger partial charge in [0.2, 0.25) is 0 Å². The first kappa shape index (κ1) is 32.4. The van der Waals surface area contributed by atoms with Crippen LogP contribution in [0, 0.1) is 0 Å². The van der Waals surface area contributed by atoms with Gasteiger partial charge in [-0.15, -0.1) is 0 Å². The van der Waals surface area contributed by atoms with Gasteiger partial charge < -0.3 is 15.7 Å². The molecule has 0 heterocycles. The molecule has 174 valence electrons. The minimum absolute atomic E-state index is 0. The fourth-order valence-electron chi connectivity index (χ4n) is 3.68. The fraction of sp³-hybridized carbons (Fsp3) is 1.00. The molecule has 0 aromatic rings. The number of hydrogen-bond donors (Lipinski definition) is 2. The summed E-state index contributed by atoms with van der Waals surface area (Å²) in [5.74, 6) is 0. The number of aliphatic hydroxyl groups excluding tert-OH is 1. The summed E-state index contributed by atoms with van der Waals surface area (Å²) in [6.07, 6.45) is 23.7. The second-order valence-electron chi connectivity index (χ2n) is 8.01. The quantitative estimate of drug-likeness (QED) is 0.209. The maximum absolute atomic E-state index is 9.10. The molecule has 0 rings (SSSR count). The smallest absolute Gasteiger partial charge is 0.0558 e. The van der Waals surface area contributed by atoms with Crippen molar-refractivity contribution in [1.29, 1.82) is 0 Å². The van der Waals surface area contributed by atoms with E-state index in [0.29, 0.717) is 0 Å². The third kappa shape index (κ3) is 25.7. The van der Waals surface area contributed by atoms with Gasteiger partial charge in [0.15, 0.2) is 0 Å². The summed E-state index contributed by atoms with van der Waals surface area (Å²) in [7, 11) is 0. The van der Waals surface area contributed by atoms with E-state index in [1.165, 1.54) is 103 Å². The molecular weight excluding hydrogens is 358 g/mol. The Bertz CT molecular complexity index is 259. The summed E-state index contributed by atoms with van der Waals surface area (Å²) in [5, 5.41) is 9.10.